The first kappa shape index (κ1) is 13.1. The first-order valence-electron chi connectivity index (χ1n) is 5.81. The van der Waals surface area contributed by atoms with Crippen LogP contribution in [0.2, 0.25) is 0 Å². The first-order chi connectivity index (χ1) is 8.40. The second-order valence-electron chi connectivity index (χ2n) is 5.08. The number of halogens is 1. The minimum absolute atomic E-state index is 0.656. The van der Waals surface area contributed by atoms with Gasteiger partial charge in [-0.3, -0.25) is 0 Å². The molecule has 1 aromatic heterocycles. The van der Waals surface area contributed by atoms with E-state index in [9.17, 15) is 5.11 Å². The first-order valence-corrected chi connectivity index (χ1v) is 6.61. The average Bonchev–Trinajstić information content (AvgIpc) is 2.62. The van der Waals surface area contributed by atoms with Crippen LogP contribution in [-0.4, -0.2) is 15.3 Å². The summed E-state index contributed by atoms with van der Waals surface area (Å²) in [5.41, 5.74) is 1.06. The summed E-state index contributed by atoms with van der Waals surface area (Å²) < 4.78 is 3.07. The maximum atomic E-state index is 9.77. The summed E-state index contributed by atoms with van der Waals surface area (Å²) in [6.07, 6.45) is 2.68. The molecule has 0 saturated carbocycles. The Hall–Kier alpha value is -1.31. The molecular formula is C14H15BrN2O. The van der Waals surface area contributed by atoms with E-state index in [0.29, 0.717) is 12.0 Å². The lowest BCUT2D eigenvalue weighted by Crippen LogP contribution is -2.20. The van der Waals surface area contributed by atoms with E-state index in [0.717, 1.165) is 21.9 Å². The number of aryl methyl sites for hydroxylation is 1. The Labute approximate surface area is 115 Å². The van der Waals surface area contributed by atoms with Crippen molar-refractivity contribution in [1.82, 2.24) is 4.57 Å². The van der Waals surface area contributed by atoms with Gasteiger partial charge in [-0.15, -0.1) is 0 Å². The molecule has 3 nitrogen and oxygen atoms in total. The molecule has 0 atom stereocenters. The molecule has 0 fully saturated rings. The Morgan fingerprint density at radius 1 is 1.44 bits per heavy atom. The molecule has 0 spiro atoms. The van der Waals surface area contributed by atoms with Crippen LogP contribution in [-0.2, 0) is 6.54 Å². The van der Waals surface area contributed by atoms with E-state index in [-0.39, 0.29) is 0 Å². The molecule has 18 heavy (non-hydrogen) atoms. The quantitative estimate of drug-likeness (QED) is 0.944. The zero-order valence-corrected chi connectivity index (χ0v) is 12.0. The molecule has 0 bridgehead atoms. The van der Waals surface area contributed by atoms with Gasteiger partial charge < -0.3 is 9.67 Å². The fourth-order valence-corrected chi connectivity index (χ4v) is 2.47. The van der Waals surface area contributed by atoms with Crippen LogP contribution in [0.25, 0.3) is 10.9 Å². The van der Waals surface area contributed by atoms with Crippen LogP contribution >= 0.6 is 15.9 Å². The van der Waals surface area contributed by atoms with Crippen molar-refractivity contribution in [2.24, 2.45) is 0 Å². The van der Waals surface area contributed by atoms with Gasteiger partial charge in [-0.1, -0.05) is 0 Å². The standard InChI is InChI=1S/C14H15BrN2O/c1-14(2,18)5-6-17-9-12(15)11-7-10(8-16)3-4-13(11)17/h3-4,7,9,18H,5-6H2,1-2H3. The molecule has 4 heteroatoms. The molecule has 0 saturated heterocycles. The normalized spacial score (nSPS) is 11.7. The van der Waals surface area contributed by atoms with Gasteiger partial charge >= 0.3 is 0 Å². The van der Waals surface area contributed by atoms with Crippen LogP contribution in [0.3, 0.4) is 0 Å². The molecule has 2 rings (SSSR count). The van der Waals surface area contributed by atoms with Crippen molar-refractivity contribution in [3.8, 4) is 6.07 Å². The van der Waals surface area contributed by atoms with E-state index in [1.807, 2.05) is 38.2 Å². The summed E-state index contributed by atoms with van der Waals surface area (Å²) >= 11 is 3.51. The third kappa shape index (κ3) is 2.74. The van der Waals surface area contributed by atoms with E-state index >= 15 is 0 Å². The summed E-state index contributed by atoms with van der Waals surface area (Å²) in [6.45, 7) is 4.36. The Balaban J connectivity index is 2.39. The topological polar surface area (TPSA) is 49.0 Å². The summed E-state index contributed by atoms with van der Waals surface area (Å²) in [7, 11) is 0. The average molecular weight is 307 g/mol. The number of fused-ring (bicyclic) bond motifs is 1. The summed E-state index contributed by atoms with van der Waals surface area (Å²) in [5.74, 6) is 0. The van der Waals surface area contributed by atoms with Crippen molar-refractivity contribution in [2.45, 2.75) is 32.4 Å². The van der Waals surface area contributed by atoms with Crippen molar-refractivity contribution in [3.05, 3.63) is 34.4 Å². The van der Waals surface area contributed by atoms with E-state index < -0.39 is 5.60 Å². The molecule has 1 aromatic carbocycles. The van der Waals surface area contributed by atoms with E-state index in [4.69, 9.17) is 5.26 Å². The number of hydrogen-bond acceptors (Lipinski definition) is 2. The predicted octanol–water partition coefficient (Wildman–Crippen LogP) is 3.44. The fraction of sp³-hybridized carbons (Fsp3) is 0.357. The molecule has 0 radical (unpaired) electrons. The maximum Gasteiger partial charge on any atom is 0.0991 e. The molecule has 1 heterocycles. The van der Waals surface area contributed by atoms with E-state index in [2.05, 4.69) is 26.6 Å². The monoisotopic (exact) mass is 306 g/mol. The highest BCUT2D eigenvalue weighted by atomic mass is 79.9. The highest BCUT2D eigenvalue weighted by Crippen LogP contribution is 2.28. The maximum absolute atomic E-state index is 9.77. The minimum atomic E-state index is -0.671. The van der Waals surface area contributed by atoms with Crippen molar-refractivity contribution in [2.75, 3.05) is 0 Å². The lowest BCUT2D eigenvalue weighted by molar-refractivity contribution is 0.0666. The molecule has 94 valence electrons. The third-order valence-corrected chi connectivity index (χ3v) is 3.56. The van der Waals surface area contributed by atoms with E-state index in [1.54, 1.807) is 0 Å². The molecule has 0 aliphatic carbocycles. The summed E-state index contributed by atoms with van der Waals surface area (Å²) in [4.78, 5) is 0. The molecule has 0 aliphatic heterocycles. The van der Waals surface area contributed by atoms with Gasteiger partial charge in [0.15, 0.2) is 0 Å². The number of aromatic nitrogens is 1. The second-order valence-corrected chi connectivity index (χ2v) is 5.93. The van der Waals surface area contributed by atoms with Crippen molar-refractivity contribution in [1.29, 1.82) is 5.26 Å². The summed E-state index contributed by atoms with van der Waals surface area (Å²) in [5, 5.41) is 19.7. The van der Waals surface area contributed by atoms with Crippen LogP contribution in [0.5, 0.6) is 0 Å². The van der Waals surface area contributed by atoms with Crippen LogP contribution in [0, 0.1) is 11.3 Å². The highest BCUT2D eigenvalue weighted by molar-refractivity contribution is 9.10. The number of nitrogens with zero attached hydrogens (tertiary/aromatic N) is 2. The van der Waals surface area contributed by atoms with Gasteiger partial charge in [0.1, 0.15) is 0 Å². The molecule has 0 amide bonds. The van der Waals surface area contributed by atoms with Gasteiger partial charge in [0, 0.05) is 28.1 Å². The fourth-order valence-electron chi connectivity index (χ4n) is 1.90. The van der Waals surface area contributed by atoms with Gasteiger partial charge in [0.2, 0.25) is 0 Å². The Morgan fingerprint density at radius 3 is 2.78 bits per heavy atom. The van der Waals surface area contributed by atoms with Crippen molar-refractivity contribution >= 4 is 26.8 Å². The van der Waals surface area contributed by atoms with Gasteiger partial charge in [-0.05, 0) is 54.4 Å². The minimum Gasteiger partial charge on any atom is -0.390 e. The molecule has 1 N–H and O–H groups in total. The number of aliphatic hydroxyl groups is 1. The smallest absolute Gasteiger partial charge is 0.0991 e. The molecule has 0 unspecified atom stereocenters. The van der Waals surface area contributed by atoms with Crippen molar-refractivity contribution < 1.29 is 5.11 Å². The van der Waals surface area contributed by atoms with E-state index in [1.165, 1.54) is 0 Å². The van der Waals surface area contributed by atoms with Crippen LogP contribution in [0.1, 0.15) is 25.8 Å². The van der Waals surface area contributed by atoms with Crippen molar-refractivity contribution in [3.63, 3.8) is 0 Å². The Bertz CT molecular complexity index is 617. The lowest BCUT2D eigenvalue weighted by atomic mass is 10.1. The number of hydrogen-bond donors (Lipinski definition) is 1. The number of rotatable bonds is 3. The van der Waals surface area contributed by atoms with Gasteiger partial charge in [-0.2, -0.15) is 5.26 Å². The molecule has 2 aromatic rings. The highest BCUT2D eigenvalue weighted by Gasteiger charge is 2.14. The number of nitriles is 1. The molecule has 0 aliphatic rings. The Morgan fingerprint density at radius 2 is 2.17 bits per heavy atom. The zero-order valence-electron chi connectivity index (χ0n) is 10.4. The largest absolute Gasteiger partial charge is 0.390 e. The van der Waals surface area contributed by atoms with Crippen LogP contribution < -0.4 is 0 Å². The second kappa shape index (κ2) is 4.75. The SMILES string of the molecule is CC(C)(O)CCn1cc(Br)c2cc(C#N)ccc21. The number of benzene rings is 1. The lowest BCUT2D eigenvalue weighted by Gasteiger charge is -2.17. The van der Waals surface area contributed by atoms with Crippen LogP contribution in [0.4, 0.5) is 0 Å². The zero-order chi connectivity index (χ0) is 13.3. The summed E-state index contributed by atoms with van der Waals surface area (Å²) in [6, 6.07) is 7.78. The van der Waals surface area contributed by atoms with Crippen LogP contribution in [0.15, 0.2) is 28.9 Å². The molecular weight excluding hydrogens is 292 g/mol. The predicted molar refractivity (Wildman–Crippen MR) is 75.3 cm³/mol. The Kier molecular flexibility index (Phi) is 3.47. The van der Waals surface area contributed by atoms with Gasteiger partial charge in [0.05, 0.1) is 17.2 Å². The third-order valence-electron chi connectivity index (χ3n) is 2.93. The van der Waals surface area contributed by atoms with Gasteiger partial charge in [0.25, 0.3) is 0 Å². The van der Waals surface area contributed by atoms with Gasteiger partial charge in [-0.25, -0.2) is 0 Å².